The maximum absolute atomic E-state index is 5.54. The molecule has 0 spiro atoms. The zero-order valence-electron chi connectivity index (χ0n) is 7.66. The molecule has 1 nitrogen and oxygen atoms in total. The van der Waals surface area contributed by atoms with E-state index in [2.05, 4.69) is 41.1 Å². The van der Waals surface area contributed by atoms with Crippen molar-refractivity contribution in [2.45, 2.75) is 17.9 Å². The summed E-state index contributed by atoms with van der Waals surface area (Å²) in [7, 11) is 0. The number of thioether (sulfide) groups is 1. The Morgan fingerprint density at radius 2 is 2.15 bits per heavy atom. The van der Waals surface area contributed by atoms with Crippen molar-refractivity contribution in [2.24, 2.45) is 5.73 Å². The molecule has 0 saturated carbocycles. The minimum atomic E-state index is 0.534. The van der Waals surface area contributed by atoms with Crippen LogP contribution in [0, 0.1) is 0 Å². The molecule has 0 heterocycles. The number of halogens is 1. The molecule has 2 N–H and O–H groups in total. The highest BCUT2D eigenvalue weighted by Gasteiger charge is 2.02. The van der Waals surface area contributed by atoms with E-state index in [0.717, 1.165) is 12.3 Å². The lowest BCUT2D eigenvalue weighted by Crippen LogP contribution is -2.12. The van der Waals surface area contributed by atoms with Gasteiger partial charge in [0, 0.05) is 22.0 Å². The molecular formula is C10H14BrNS. The Balaban J connectivity index is 2.50. The van der Waals surface area contributed by atoms with Crippen molar-refractivity contribution in [1.82, 2.24) is 0 Å². The van der Waals surface area contributed by atoms with Gasteiger partial charge >= 0.3 is 0 Å². The molecule has 0 amide bonds. The molecule has 0 aromatic heterocycles. The van der Waals surface area contributed by atoms with E-state index in [9.17, 15) is 0 Å². The molecule has 0 saturated heterocycles. The molecule has 1 aromatic rings. The van der Waals surface area contributed by atoms with Crippen LogP contribution >= 0.6 is 27.7 Å². The molecule has 13 heavy (non-hydrogen) atoms. The predicted octanol–water partition coefficient (Wildman–Crippen LogP) is 3.03. The summed E-state index contributed by atoms with van der Waals surface area (Å²) in [5, 5.41) is 0.534. The number of rotatable bonds is 4. The lowest BCUT2D eigenvalue weighted by Gasteiger charge is -2.08. The molecule has 1 aromatic carbocycles. The van der Waals surface area contributed by atoms with Crippen molar-refractivity contribution in [3.63, 3.8) is 0 Å². The fraction of sp³-hybridized carbons (Fsp3) is 0.400. The zero-order chi connectivity index (χ0) is 9.68. The monoisotopic (exact) mass is 259 g/mol. The lowest BCUT2D eigenvalue weighted by atomic mass is 10.2. The predicted molar refractivity (Wildman–Crippen MR) is 64.0 cm³/mol. The van der Waals surface area contributed by atoms with Crippen LogP contribution in [0.4, 0.5) is 0 Å². The number of benzene rings is 1. The molecular weight excluding hydrogens is 246 g/mol. The van der Waals surface area contributed by atoms with Gasteiger partial charge in [-0.05, 0) is 11.6 Å². The largest absolute Gasteiger partial charge is 0.329 e. The maximum atomic E-state index is 5.54. The van der Waals surface area contributed by atoms with Crippen LogP contribution in [-0.4, -0.2) is 11.8 Å². The number of hydrogen-bond donors (Lipinski definition) is 1. The second kappa shape index (κ2) is 5.68. The van der Waals surface area contributed by atoms with Gasteiger partial charge in [-0.2, -0.15) is 11.8 Å². The smallest absolute Gasteiger partial charge is 0.0215 e. The van der Waals surface area contributed by atoms with E-state index in [4.69, 9.17) is 5.73 Å². The standard InChI is InChI=1S/C10H14BrNS/c1-8(6-12)13-7-9-4-2-3-5-10(9)11/h2-5,8H,6-7,12H2,1H3. The van der Waals surface area contributed by atoms with Crippen LogP contribution in [0.3, 0.4) is 0 Å². The van der Waals surface area contributed by atoms with E-state index in [0.29, 0.717) is 5.25 Å². The highest BCUT2D eigenvalue weighted by atomic mass is 79.9. The maximum Gasteiger partial charge on any atom is 0.0215 e. The topological polar surface area (TPSA) is 26.0 Å². The van der Waals surface area contributed by atoms with Gasteiger partial charge in [0.15, 0.2) is 0 Å². The van der Waals surface area contributed by atoms with Crippen LogP contribution in [0.1, 0.15) is 12.5 Å². The van der Waals surface area contributed by atoms with Crippen molar-refractivity contribution < 1.29 is 0 Å². The molecule has 3 heteroatoms. The van der Waals surface area contributed by atoms with Crippen LogP contribution in [0.2, 0.25) is 0 Å². The molecule has 0 aliphatic heterocycles. The Morgan fingerprint density at radius 3 is 2.77 bits per heavy atom. The summed E-state index contributed by atoms with van der Waals surface area (Å²) in [4.78, 5) is 0. The van der Waals surface area contributed by atoms with Crippen LogP contribution in [0.5, 0.6) is 0 Å². The molecule has 0 radical (unpaired) electrons. The van der Waals surface area contributed by atoms with Crippen LogP contribution in [0.25, 0.3) is 0 Å². The van der Waals surface area contributed by atoms with Crippen molar-refractivity contribution in [3.05, 3.63) is 34.3 Å². The Bertz CT molecular complexity index is 265. The highest BCUT2D eigenvalue weighted by Crippen LogP contribution is 2.23. The third-order valence-electron chi connectivity index (χ3n) is 1.81. The van der Waals surface area contributed by atoms with Crippen molar-refractivity contribution in [3.8, 4) is 0 Å². The van der Waals surface area contributed by atoms with Crippen molar-refractivity contribution in [1.29, 1.82) is 0 Å². The van der Waals surface area contributed by atoms with E-state index in [1.165, 1.54) is 10.0 Å². The van der Waals surface area contributed by atoms with Crippen LogP contribution in [-0.2, 0) is 5.75 Å². The lowest BCUT2D eigenvalue weighted by molar-refractivity contribution is 0.950. The molecule has 0 bridgehead atoms. The molecule has 1 rings (SSSR count). The van der Waals surface area contributed by atoms with Gasteiger partial charge in [-0.25, -0.2) is 0 Å². The first-order valence-electron chi connectivity index (χ1n) is 4.29. The van der Waals surface area contributed by atoms with Crippen LogP contribution in [0.15, 0.2) is 28.7 Å². The number of hydrogen-bond acceptors (Lipinski definition) is 2. The minimum absolute atomic E-state index is 0.534. The summed E-state index contributed by atoms with van der Waals surface area (Å²) in [5.74, 6) is 1.03. The molecule has 1 unspecified atom stereocenters. The first-order valence-corrected chi connectivity index (χ1v) is 6.13. The fourth-order valence-corrected chi connectivity index (χ4v) is 2.38. The first kappa shape index (κ1) is 11.1. The second-order valence-electron chi connectivity index (χ2n) is 2.95. The Kier molecular flexibility index (Phi) is 4.84. The Hall–Kier alpha value is 0.01000. The summed E-state index contributed by atoms with van der Waals surface area (Å²) in [5.41, 5.74) is 6.88. The van der Waals surface area contributed by atoms with Gasteiger partial charge in [0.2, 0.25) is 0 Å². The third-order valence-corrected chi connectivity index (χ3v) is 3.83. The summed E-state index contributed by atoms with van der Waals surface area (Å²) < 4.78 is 1.19. The molecule has 0 fully saturated rings. The van der Waals surface area contributed by atoms with Gasteiger partial charge in [-0.1, -0.05) is 41.1 Å². The SMILES string of the molecule is CC(CN)SCc1ccccc1Br. The summed E-state index contributed by atoms with van der Waals surface area (Å²) in [6.07, 6.45) is 0. The van der Waals surface area contributed by atoms with E-state index in [-0.39, 0.29) is 0 Å². The molecule has 72 valence electrons. The molecule has 1 atom stereocenters. The summed E-state index contributed by atoms with van der Waals surface area (Å²) in [6.45, 7) is 2.90. The average molecular weight is 260 g/mol. The van der Waals surface area contributed by atoms with Gasteiger partial charge in [0.05, 0.1) is 0 Å². The summed E-state index contributed by atoms with van der Waals surface area (Å²) >= 11 is 5.41. The van der Waals surface area contributed by atoms with Gasteiger partial charge in [-0.3, -0.25) is 0 Å². The Morgan fingerprint density at radius 1 is 1.46 bits per heavy atom. The zero-order valence-corrected chi connectivity index (χ0v) is 10.1. The van der Waals surface area contributed by atoms with E-state index >= 15 is 0 Å². The third kappa shape index (κ3) is 3.71. The first-order chi connectivity index (χ1) is 6.24. The van der Waals surface area contributed by atoms with Crippen LogP contribution < -0.4 is 5.73 Å². The van der Waals surface area contributed by atoms with Gasteiger partial charge < -0.3 is 5.73 Å². The summed E-state index contributed by atoms with van der Waals surface area (Å²) in [6, 6.07) is 8.31. The van der Waals surface area contributed by atoms with E-state index in [1.807, 2.05) is 17.8 Å². The average Bonchev–Trinajstić information content (AvgIpc) is 2.16. The van der Waals surface area contributed by atoms with Crippen molar-refractivity contribution >= 4 is 27.7 Å². The van der Waals surface area contributed by atoms with E-state index < -0.39 is 0 Å². The van der Waals surface area contributed by atoms with Crippen molar-refractivity contribution in [2.75, 3.05) is 6.54 Å². The molecule has 0 aliphatic carbocycles. The minimum Gasteiger partial charge on any atom is -0.329 e. The highest BCUT2D eigenvalue weighted by molar-refractivity contribution is 9.10. The van der Waals surface area contributed by atoms with E-state index in [1.54, 1.807) is 0 Å². The van der Waals surface area contributed by atoms with Gasteiger partial charge in [0.25, 0.3) is 0 Å². The number of nitrogens with two attached hydrogens (primary N) is 1. The fourth-order valence-electron chi connectivity index (χ4n) is 0.916. The molecule has 0 aliphatic rings. The second-order valence-corrected chi connectivity index (χ2v) is 5.23. The normalized spacial score (nSPS) is 12.8. The van der Waals surface area contributed by atoms with Gasteiger partial charge in [-0.15, -0.1) is 0 Å². The Labute approximate surface area is 92.2 Å². The quantitative estimate of drug-likeness (QED) is 0.900. The van der Waals surface area contributed by atoms with Gasteiger partial charge in [0.1, 0.15) is 0 Å².